The lowest BCUT2D eigenvalue weighted by atomic mass is 10.1. The summed E-state index contributed by atoms with van der Waals surface area (Å²) in [4.78, 5) is 10.9. The topological polar surface area (TPSA) is 82.3 Å². The van der Waals surface area contributed by atoms with Crippen LogP contribution in [0, 0.1) is 17.0 Å². The Balaban J connectivity index is 2.31. The fraction of sp³-hybridized carbons (Fsp3) is 0.200. The third-order valence-electron chi connectivity index (χ3n) is 2.28. The minimum atomic E-state index is -0.572. The predicted octanol–water partition coefficient (Wildman–Crippen LogP) is 2.61. The van der Waals surface area contributed by atoms with Gasteiger partial charge in [-0.15, -0.1) is 11.3 Å². The third-order valence-corrected chi connectivity index (χ3v) is 3.39. The van der Waals surface area contributed by atoms with E-state index in [-0.39, 0.29) is 5.88 Å². The molecule has 0 aliphatic rings. The minimum Gasteiger partial charge on any atom is -0.404 e. The Kier molecular flexibility index (Phi) is 2.76. The molecule has 6 heteroatoms. The molecule has 0 aliphatic heterocycles. The summed E-state index contributed by atoms with van der Waals surface area (Å²) in [7, 11) is 0. The van der Waals surface area contributed by atoms with Crippen molar-refractivity contribution in [1.82, 2.24) is 0 Å². The molecule has 1 atom stereocenters. The Labute approximate surface area is 95.6 Å². The van der Waals surface area contributed by atoms with Crippen LogP contribution in [0.25, 0.3) is 0 Å². The zero-order chi connectivity index (χ0) is 11.7. The minimum absolute atomic E-state index is 0.278. The van der Waals surface area contributed by atoms with Crippen molar-refractivity contribution in [2.24, 2.45) is 5.73 Å². The Morgan fingerprint density at radius 2 is 2.25 bits per heavy atom. The summed E-state index contributed by atoms with van der Waals surface area (Å²) in [6.45, 7) is 1.95. The molecule has 0 bridgehead atoms. The third kappa shape index (κ3) is 1.84. The first-order valence-electron chi connectivity index (χ1n) is 4.63. The van der Waals surface area contributed by atoms with Gasteiger partial charge in [0.2, 0.25) is 0 Å². The van der Waals surface area contributed by atoms with Crippen molar-refractivity contribution in [2.45, 2.75) is 13.0 Å². The van der Waals surface area contributed by atoms with Crippen molar-refractivity contribution in [3.63, 3.8) is 0 Å². The number of aryl methyl sites for hydroxylation is 1. The van der Waals surface area contributed by atoms with E-state index in [9.17, 15) is 10.1 Å². The van der Waals surface area contributed by atoms with E-state index in [4.69, 9.17) is 10.2 Å². The van der Waals surface area contributed by atoms with E-state index in [2.05, 4.69) is 0 Å². The Bertz CT molecular complexity index is 518. The van der Waals surface area contributed by atoms with Crippen LogP contribution in [0.15, 0.2) is 28.0 Å². The van der Waals surface area contributed by atoms with Crippen LogP contribution in [0.5, 0.6) is 0 Å². The smallest absolute Gasteiger partial charge is 0.404 e. The van der Waals surface area contributed by atoms with E-state index < -0.39 is 11.0 Å². The zero-order valence-corrected chi connectivity index (χ0v) is 9.36. The highest BCUT2D eigenvalue weighted by molar-refractivity contribution is 7.10. The number of hydrogen-bond acceptors (Lipinski definition) is 5. The summed E-state index contributed by atoms with van der Waals surface area (Å²) in [5.41, 5.74) is 7.04. The lowest BCUT2D eigenvalue weighted by Gasteiger charge is -2.06. The summed E-state index contributed by atoms with van der Waals surface area (Å²) in [6.07, 6.45) is 0. The van der Waals surface area contributed by atoms with Crippen LogP contribution >= 0.6 is 11.3 Å². The van der Waals surface area contributed by atoms with Crippen molar-refractivity contribution in [2.75, 3.05) is 0 Å². The number of hydrogen-bond donors (Lipinski definition) is 1. The quantitative estimate of drug-likeness (QED) is 0.658. The molecule has 0 saturated heterocycles. The number of rotatable bonds is 3. The second-order valence-corrected chi connectivity index (χ2v) is 4.33. The highest BCUT2D eigenvalue weighted by Crippen LogP contribution is 2.30. The molecule has 0 fully saturated rings. The van der Waals surface area contributed by atoms with Crippen LogP contribution in [-0.4, -0.2) is 4.92 Å². The molecular formula is C10H10N2O3S. The molecule has 0 aromatic carbocycles. The van der Waals surface area contributed by atoms with Crippen LogP contribution < -0.4 is 5.73 Å². The van der Waals surface area contributed by atoms with Gasteiger partial charge in [-0.1, -0.05) is 0 Å². The Hall–Kier alpha value is -1.66. The van der Waals surface area contributed by atoms with Crippen molar-refractivity contribution in [3.8, 4) is 0 Å². The maximum atomic E-state index is 10.5. The molecule has 84 valence electrons. The van der Waals surface area contributed by atoms with E-state index in [1.807, 2.05) is 18.4 Å². The SMILES string of the molecule is Cc1ccsc1C(N)c1ccc([N+](=O)[O-])o1. The summed E-state index contributed by atoms with van der Waals surface area (Å²) >= 11 is 1.52. The number of furan rings is 1. The van der Waals surface area contributed by atoms with Crippen molar-refractivity contribution in [3.05, 3.63) is 49.9 Å². The monoisotopic (exact) mass is 238 g/mol. The largest absolute Gasteiger partial charge is 0.433 e. The standard InChI is InChI=1S/C10H10N2O3S/c1-6-4-5-16-10(6)9(11)7-2-3-8(15-7)12(13)14/h2-5,9H,11H2,1H3. The highest BCUT2D eigenvalue weighted by Gasteiger charge is 2.20. The molecule has 2 N–H and O–H groups in total. The van der Waals surface area contributed by atoms with E-state index >= 15 is 0 Å². The van der Waals surface area contributed by atoms with E-state index in [1.54, 1.807) is 6.07 Å². The van der Waals surface area contributed by atoms with Crippen LogP contribution in [0.1, 0.15) is 22.2 Å². The first kappa shape index (κ1) is 10.8. The van der Waals surface area contributed by atoms with Gasteiger partial charge < -0.3 is 10.2 Å². The normalized spacial score (nSPS) is 12.6. The van der Waals surface area contributed by atoms with Crippen LogP contribution in [0.4, 0.5) is 5.88 Å². The maximum absolute atomic E-state index is 10.5. The predicted molar refractivity (Wildman–Crippen MR) is 60.4 cm³/mol. The van der Waals surface area contributed by atoms with Gasteiger partial charge in [0.05, 0.1) is 12.1 Å². The van der Waals surface area contributed by atoms with Crippen molar-refractivity contribution >= 4 is 17.2 Å². The van der Waals surface area contributed by atoms with Gasteiger partial charge in [-0.3, -0.25) is 10.1 Å². The van der Waals surface area contributed by atoms with Crippen molar-refractivity contribution < 1.29 is 9.34 Å². The average Bonchev–Trinajstić information content (AvgIpc) is 2.84. The number of nitrogens with zero attached hydrogens (tertiary/aromatic N) is 1. The lowest BCUT2D eigenvalue weighted by molar-refractivity contribution is -0.402. The average molecular weight is 238 g/mol. The molecule has 5 nitrogen and oxygen atoms in total. The summed E-state index contributed by atoms with van der Waals surface area (Å²) in [6, 6.07) is 4.38. The Morgan fingerprint density at radius 1 is 1.50 bits per heavy atom. The molecule has 16 heavy (non-hydrogen) atoms. The molecule has 0 radical (unpaired) electrons. The zero-order valence-electron chi connectivity index (χ0n) is 8.54. The summed E-state index contributed by atoms with van der Waals surface area (Å²) < 4.78 is 5.07. The van der Waals surface area contributed by atoms with Gasteiger partial charge in [0.1, 0.15) is 10.7 Å². The van der Waals surface area contributed by atoms with Crippen LogP contribution in [0.3, 0.4) is 0 Å². The van der Waals surface area contributed by atoms with Gasteiger partial charge in [-0.05, 0) is 30.0 Å². The molecule has 0 aliphatic carbocycles. The number of nitrogens with two attached hydrogens (primary N) is 1. The molecule has 2 heterocycles. The van der Waals surface area contributed by atoms with Gasteiger partial charge in [-0.25, -0.2) is 0 Å². The van der Waals surface area contributed by atoms with Crippen LogP contribution in [-0.2, 0) is 0 Å². The highest BCUT2D eigenvalue weighted by atomic mass is 32.1. The first-order valence-corrected chi connectivity index (χ1v) is 5.51. The number of nitro groups is 1. The Morgan fingerprint density at radius 3 is 2.75 bits per heavy atom. The fourth-order valence-electron chi connectivity index (χ4n) is 1.44. The van der Waals surface area contributed by atoms with Gasteiger partial charge in [0.15, 0.2) is 0 Å². The summed E-state index contributed by atoms with van der Waals surface area (Å²) in [5, 5.41) is 12.4. The molecule has 2 rings (SSSR count). The van der Waals surface area contributed by atoms with E-state index in [1.165, 1.54) is 17.4 Å². The van der Waals surface area contributed by atoms with Gasteiger partial charge in [0, 0.05) is 4.88 Å². The molecule has 0 spiro atoms. The van der Waals surface area contributed by atoms with E-state index in [0.717, 1.165) is 10.4 Å². The first-order chi connectivity index (χ1) is 7.59. The lowest BCUT2D eigenvalue weighted by Crippen LogP contribution is -2.10. The van der Waals surface area contributed by atoms with Crippen LogP contribution in [0.2, 0.25) is 0 Å². The summed E-state index contributed by atoms with van der Waals surface area (Å²) in [5.74, 6) is 0.136. The molecule has 0 saturated carbocycles. The van der Waals surface area contributed by atoms with Gasteiger partial charge in [-0.2, -0.15) is 0 Å². The van der Waals surface area contributed by atoms with Gasteiger partial charge in [0.25, 0.3) is 0 Å². The fourth-order valence-corrected chi connectivity index (χ4v) is 2.38. The molecule has 2 aromatic rings. The molecule has 2 aromatic heterocycles. The second-order valence-electron chi connectivity index (χ2n) is 3.38. The van der Waals surface area contributed by atoms with E-state index in [0.29, 0.717) is 5.76 Å². The number of thiophene rings is 1. The molecule has 0 amide bonds. The van der Waals surface area contributed by atoms with Gasteiger partial charge >= 0.3 is 5.88 Å². The van der Waals surface area contributed by atoms with Crippen molar-refractivity contribution in [1.29, 1.82) is 0 Å². The molecule has 1 unspecified atom stereocenters. The molecular weight excluding hydrogens is 228 g/mol. The maximum Gasteiger partial charge on any atom is 0.433 e. The second kappa shape index (κ2) is 4.07.